The van der Waals surface area contributed by atoms with Gasteiger partial charge in [0, 0.05) is 12.6 Å². The number of unbranched alkanes of at least 4 members (excludes halogenated alkanes) is 1. The van der Waals surface area contributed by atoms with Crippen molar-refractivity contribution in [3.63, 3.8) is 0 Å². The number of carbonyl (C=O) groups is 2. The van der Waals surface area contributed by atoms with E-state index in [0.717, 1.165) is 12.8 Å². The van der Waals surface area contributed by atoms with Crippen LogP contribution in [0.5, 0.6) is 0 Å². The Morgan fingerprint density at radius 1 is 1.47 bits per heavy atom. The second-order valence-corrected chi connectivity index (χ2v) is 4.57. The minimum Gasteiger partial charge on any atom is -0.452 e. The summed E-state index contributed by atoms with van der Waals surface area (Å²) < 4.78 is 10.5. The summed E-state index contributed by atoms with van der Waals surface area (Å²) in [7, 11) is 0. The fourth-order valence-corrected chi connectivity index (χ4v) is 1.53. The average Bonchev–Trinajstić information content (AvgIpc) is 2.80. The van der Waals surface area contributed by atoms with Crippen molar-refractivity contribution in [1.29, 1.82) is 0 Å². The Morgan fingerprint density at radius 3 is 2.89 bits per heavy atom. The van der Waals surface area contributed by atoms with Gasteiger partial charge < -0.3 is 14.5 Å². The molecule has 1 aromatic rings. The molecule has 1 aromatic heterocycles. The molecule has 0 bridgehead atoms. The molecular formula is C13H16BrNO4. The second kappa shape index (κ2) is 8.53. The Labute approximate surface area is 120 Å². The summed E-state index contributed by atoms with van der Waals surface area (Å²) in [6.45, 7) is 2.36. The highest BCUT2D eigenvalue weighted by Gasteiger charge is 2.04. The Balaban J connectivity index is 2.24. The molecule has 19 heavy (non-hydrogen) atoms. The van der Waals surface area contributed by atoms with Gasteiger partial charge in [0.05, 0.1) is 0 Å². The van der Waals surface area contributed by atoms with Crippen molar-refractivity contribution in [1.82, 2.24) is 5.32 Å². The van der Waals surface area contributed by atoms with E-state index < -0.39 is 5.97 Å². The molecule has 0 aliphatic carbocycles. The third kappa shape index (κ3) is 6.81. The van der Waals surface area contributed by atoms with Gasteiger partial charge in [0.2, 0.25) is 0 Å². The molecule has 0 atom stereocenters. The number of carbonyl (C=O) groups excluding carboxylic acids is 2. The molecule has 6 heteroatoms. The summed E-state index contributed by atoms with van der Waals surface area (Å²) in [5.74, 6) is -0.356. The van der Waals surface area contributed by atoms with Gasteiger partial charge in [-0.15, -0.1) is 0 Å². The molecule has 1 N–H and O–H groups in total. The molecule has 0 aromatic carbocycles. The van der Waals surface area contributed by atoms with Crippen LogP contribution in [0, 0.1) is 0 Å². The number of hydrogen-bond acceptors (Lipinski definition) is 4. The molecule has 0 aliphatic heterocycles. The van der Waals surface area contributed by atoms with E-state index in [0.29, 0.717) is 17.0 Å². The molecule has 1 rings (SSSR count). The zero-order valence-corrected chi connectivity index (χ0v) is 12.2. The highest BCUT2D eigenvalue weighted by molar-refractivity contribution is 9.10. The first-order valence-corrected chi connectivity index (χ1v) is 6.78. The van der Waals surface area contributed by atoms with E-state index in [1.165, 1.54) is 12.2 Å². The standard InChI is InChI=1S/C13H16BrNO4/c1-2-3-8-15-12(16)9-18-13(17)7-5-10-4-6-11(14)19-10/h4-7H,2-3,8-9H2,1H3,(H,15,16)/b7-5+. The van der Waals surface area contributed by atoms with E-state index in [1.54, 1.807) is 12.1 Å². The van der Waals surface area contributed by atoms with Crippen LogP contribution in [-0.4, -0.2) is 25.0 Å². The summed E-state index contributed by atoms with van der Waals surface area (Å²) in [5.41, 5.74) is 0. The van der Waals surface area contributed by atoms with Crippen molar-refractivity contribution >= 4 is 33.9 Å². The molecule has 0 saturated carbocycles. The topological polar surface area (TPSA) is 68.5 Å². The third-order valence-electron chi connectivity index (χ3n) is 2.18. The summed E-state index contributed by atoms with van der Waals surface area (Å²) in [4.78, 5) is 22.6. The zero-order valence-electron chi connectivity index (χ0n) is 10.6. The third-order valence-corrected chi connectivity index (χ3v) is 2.60. The van der Waals surface area contributed by atoms with Crippen LogP contribution in [0.2, 0.25) is 0 Å². The Kier molecular flexibility index (Phi) is 6.95. The molecule has 1 heterocycles. The Bertz CT molecular complexity index is 453. The van der Waals surface area contributed by atoms with Crippen LogP contribution in [0.15, 0.2) is 27.3 Å². The Morgan fingerprint density at radius 2 is 2.26 bits per heavy atom. The maximum absolute atomic E-state index is 11.3. The first kappa shape index (κ1) is 15.5. The summed E-state index contributed by atoms with van der Waals surface area (Å²) in [6.07, 6.45) is 4.60. The van der Waals surface area contributed by atoms with Crippen molar-refractivity contribution in [2.24, 2.45) is 0 Å². The number of hydrogen-bond donors (Lipinski definition) is 1. The number of ether oxygens (including phenoxy) is 1. The van der Waals surface area contributed by atoms with Gasteiger partial charge in [-0.05, 0) is 40.6 Å². The number of rotatable bonds is 7. The first-order chi connectivity index (χ1) is 9.11. The molecule has 0 saturated heterocycles. The normalized spacial score (nSPS) is 10.6. The van der Waals surface area contributed by atoms with E-state index in [-0.39, 0.29) is 12.5 Å². The summed E-state index contributed by atoms with van der Waals surface area (Å²) in [5, 5.41) is 2.65. The van der Waals surface area contributed by atoms with Crippen molar-refractivity contribution in [2.45, 2.75) is 19.8 Å². The molecule has 0 fully saturated rings. The molecule has 0 radical (unpaired) electrons. The van der Waals surface area contributed by atoms with E-state index in [1.807, 2.05) is 6.92 Å². The van der Waals surface area contributed by atoms with Crippen LogP contribution in [0.3, 0.4) is 0 Å². The summed E-state index contributed by atoms with van der Waals surface area (Å²) >= 11 is 3.15. The lowest BCUT2D eigenvalue weighted by Crippen LogP contribution is -2.29. The van der Waals surface area contributed by atoms with Crippen LogP contribution in [0.1, 0.15) is 25.5 Å². The van der Waals surface area contributed by atoms with Crippen LogP contribution in [-0.2, 0) is 14.3 Å². The Hall–Kier alpha value is -1.56. The van der Waals surface area contributed by atoms with Gasteiger partial charge in [0.25, 0.3) is 5.91 Å². The lowest BCUT2D eigenvalue weighted by atomic mass is 10.3. The highest BCUT2D eigenvalue weighted by Crippen LogP contribution is 2.14. The zero-order chi connectivity index (χ0) is 14.1. The second-order valence-electron chi connectivity index (χ2n) is 3.79. The van der Waals surface area contributed by atoms with Crippen molar-refractivity contribution in [3.8, 4) is 0 Å². The van der Waals surface area contributed by atoms with Gasteiger partial charge in [-0.1, -0.05) is 13.3 Å². The lowest BCUT2D eigenvalue weighted by Gasteiger charge is -2.03. The highest BCUT2D eigenvalue weighted by atomic mass is 79.9. The maximum Gasteiger partial charge on any atom is 0.331 e. The fraction of sp³-hybridized carbons (Fsp3) is 0.385. The van der Waals surface area contributed by atoms with Gasteiger partial charge in [-0.3, -0.25) is 4.79 Å². The van der Waals surface area contributed by atoms with E-state index in [4.69, 9.17) is 9.15 Å². The maximum atomic E-state index is 11.3. The van der Waals surface area contributed by atoms with Crippen LogP contribution < -0.4 is 5.32 Å². The van der Waals surface area contributed by atoms with Gasteiger partial charge in [-0.25, -0.2) is 4.79 Å². The van der Waals surface area contributed by atoms with Gasteiger partial charge in [0.1, 0.15) is 5.76 Å². The number of furan rings is 1. The quantitative estimate of drug-likeness (QED) is 0.474. The molecule has 104 valence electrons. The minimum atomic E-state index is -0.585. The number of amides is 1. The van der Waals surface area contributed by atoms with E-state index in [9.17, 15) is 9.59 Å². The van der Waals surface area contributed by atoms with Crippen LogP contribution >= 0.6 is 15.9 Å². The van der Waals surface area contributed by atoms with Gasteiger partial charge in [-0.2, -0.15) is 0 Å². The molecule has 5 nitrogen and oxygen atoms in total. The van der Waals surface area contributed by atoms with Crippen molar-refractivity contribution < 1.29 is 18.7 Å². The smallest absolute Gasteiger partial charge is 0.331 e. The number of nitrogens with one attached hydrogen (secondary N) is 1. The molecule has 0 spiro atoms. The van der Waals surface area contributed by atoms with Crippen LogP contribution in [0.25, 0.3) is 6.08 Å². The minimum absolute atomic E-state index is 0.269. The predicted octanol–water partition coefficient (Wildman–Crippen LogP) is 2.51. The molecule has 1 amide bonds. The van der Waals surface area contributed by atoms with E-state index >= 15 is 0 Å². The van der Waals surface area contributed by atoms with Gasteiger partial charge >= 0.3 is 5.97 Å². The molecule has 0 aliphatic rings. The fourth-order valence-electron chi connectivity index (χ4n) is 1.21. The molecule has 0 unspecified atom stereocenters. The number of esters is 1. The monoisotopic (exact) mass is 329 g/mol. The number of halogens is 1. The first-order valence-electron chi connectivity index (χ1n) is 5.98. The predicted molar refractivity (Wildman–Crippen MR) is 74.3 cm³/mol. The lowest BCUT2D eigenvalue weighted by molar-refractivity contribution is -0.143. The average molecular weight is 330 g/mol. The molecular weight excluding hydrogens is 314 g/mol. The van der Waals surface area contributed by atoms with E-state index in [2.05, 4.69) is 21.2 Å². The van der Waals surface area contributed by atoms with Crippen molar-refractivity contribution in [2.75, 3.05) is 13.2 Å². The van der Waals surface area contributed by atoms with Crippen molar-refractivity contribution in [3.05, 3.63) is 28.6 Å². The summed E-state index contributed by atoms with van der Waals surface area (Å²) in [6, 6.07) is 3.41. The largest absolute Gasteiger partial charge is 0.452 e. The SMILES string of the molecule is CCCCNC(=O)COC(=O)/C=C/c1ccc(Br)o1. The van der Waals surface area contributed by atoms with Gasteiger partial charge in [0.15, 0.2) is 11.3 Å². The van der Waals surface area contributed by atoms with Crippen LogP contribution in [0.4, 0.5) is 0 Å².